The topological polar surface area (TPSA) is 59.6 Å². The summed E-state index contributed by atoms with van der Waals surface area (Å²) in [5.74, 6) is 0.902. The van der Waals surface area contributed by atoms with Crippen molar-refractivity contribution in [1.29, 1.82) is 0 Å². The molecule has 3 heterocycles. The Morgan fingerprint density at radius 1 is 1.00 bits per heavy atom. The Kier molecular flexibility index (Phi) is 3.52. The summed E-state index contributed by atoms with van der Waals surface area (Å²) in [6, 6.07) is 11.6. The molecule has 136 valence electrons. The highest BCUT2D eigenvalue weighted by atomic mass is 35.5. The van der Waals surface area contributed by atoms with Crippen LogP contribution >= 0.6 is 11.6 Å². The van der Waals surface area contributed by atoms with Crippen molar-refractivity contribution in [2.75, 3.05) is 18.0 Å². The molecule has 6 nitrogen and oxygen atoms in total. The van der Waals surface area contributed by atoms with Crippen LogP contribution in [0.3, 0.4) is 0 Å². The van der Waals surface area contributed by atoms with Gasteiger partial charge in [-0.1, -0.05) is 17.7 Å². The number of aryl methyl sites for hydroxylation is 1. The first-order valence-electron chi connectivity index (χ1n) is 8.90. The molecule has 0 N–H and O–H groups in total. The molecule has 1 saturated heterocycles. The molecule has 0 amide bonds. The Morgan fingerprint density at radius 3 is 2.56 bits per heavy atom. The molecular formula is C20H17ClN4O2. The van der Waals surface area contributed by atoms with E-state index in [1.54, 1.807) is 6.07 Å². The van der Waals surface area contributed by atoms with Gasteiger partial charge < -0.3 is 9.47 Å². The average molecular weight is 381 g/mol. The number of carbonyl (C=O) groups is 1. The first-order chi connectivity index (χ1) is 13.0. The van der Waals surface area contributed by atoms with Crippen LogP contribution in [0.15, 0.2) is 41.2 Å². The number of rotatable bonds is 1. The molecular weight excluding hydrogens is 364 g/mol. The molecule has 0 spiro atoms. The maximum Gasteiger partial charge on any atom is 0.283 e. The maximum absolute atomic E-state index is 12.5. The molecule has 0 radical (unpaired) electrons. The van der Waals surface area contributed by atoms with Gasteiger partial charge in [-0.05, 0) is 30.3 Å². The molecule has 0 bridgehead atoms. The van der Waals surface area contributed by atoms with Crippen molar-refractivity contribution in [1.82, 2.24) is 14.0 Å². The minimum atomic E-state index is -0.323. The first kappa shape index (κ1) is 16.3. The van der Waals surface area contributed by atoms with E-state index in [0.29, 0.717) is 34.8 Å². The lowest BCUT2D eigenvalue weighted by atomic mass is 10.1. The van der Waals surface area contributed by atoms with Crippen LogP contribution in [0.1, 0.15) is 12.8 Å². The van der Waals surface area contributed by atoms with Gasteiger partial charge in [0.2, 0.25) is 5.78 Å². The summed E-state index contributed by atoms with van der Waals surface area (Å²) >= 11 is 6.26. The summed E-state index contributed by atoms with van der Waals surface area (Å²) in [5.41, 5.74) is 3.44. The number of hydrogen-bond donors (Lipinski definition) is 0. The Labute approximate surface area is 159 Å². The maximum atomic E-state index is 12.5. The first-order valence-corrected chi connectivity index (χ1v) is 9.28. The zero-order valence-corrected chi connectivity index (χ0v) is 15.5. The van der Waals surface area contributed by atoms with E-state index < -0.39 is 0 Å². The lowest BCUT2D eigenvalue weighted by Gasteiger charge is -2.28. The lowest BCUT2D eigenvalue weighted by Crippen LogP contribution is -2.33. The normalized spacial score (nSPS) is 15.3. The van der Waals surface area contributed by atoms with Crippen LogP contribution < -0.4 is 10.5 Å². The van der Waals surface area contributed by atoms with Gasteiger partial charge in [-0.15, -0.1) is 0 Å². The van der Waals surface area contributed by atoms with Gasteiger partial charge in [0.25, 0.3) is 5.56 Å². The molecule has 0 aliphatic carbocycles. The van der Waals surface area contributed by atoms with E-state index in [4.69, 9.17) is 11.6 Å². The van der Waals surface area contributed by atoms with E-state index in [2.05, 4.69) is 22.0 Å². The van der Waals surface area contributed by atoms with Gasteiger partial charge in [-0.25, -0.2) is 0 Å². The van der Waals surface area contributed by atoms with E-state index in [1.807, 2.05) is 34.2 Å². The standard InChI is InChI=1S/C20H17ClN4O2/c1-23-17-11-12(24-9-7-13(26)8-10-24)5-6-15(17)25-16-4-2-3-14(21)18(16)19(27)22-20(23)25/h2-6,11H,7-10H2,1H3. The largest absolute Gasteiger partial charge is 0.371 e. The second-order valence-corrected chi connectivity index (χ2v) is 7.35. The van der Waals surface area contributed by atoms with Crippen LogP contribution in [-0.2, 0) is 11.8 Å². The van der Waals surface area contributed by atoms with E-state index in [1.165, 1.54) is 0 Å². The number of carbonyl (C=O) groups excluding carboxylic acids is 1. The number of halogens is 1. The van der Waals surface area contributed by atoms with Gasteiger partial charge in [0.05, 0.1) is 27.0 Å². The molecule has 2 aromatic carbocycles. The fourth-order valence-corrected chi connectivity index (χ4v) is 4.22. The second-order valence-electron chi connectivity index (χ2n) is 6.94. The number of fused-ring (bicyclic) bond motifs is 5. The third-order valence-electron chi connectivity index (χ3n) is 5.40. The van der Waals surface area contributed by atoms with Crippen molar-refractivity contribution in [3.05, 3.63) is 51.8 Å². The summed E-state index contributed by atoms with van der Waals surface area (Å²) < 4.78 is 3.90. The molecule has 1 fully saturated rings. The van der Waals surface area contributed by atoms with Gasteiger partial charge in [0.15, 0.2) is 0 Å². The average Bonchev–Trinajstić information content (AvgIpc) is 2.94. The Bertz CT molecular complexity index is 1290. The minimum Gasteiger partial charge on any atom is -0.371 e. The second kappa shape index (κ2) is 5.82. The predicted molar refractivity (Wildman–Crippen MR) is 107 cm³/mol. The summed E-state index contributed by atoms with van der Waals surface area (Å²) in [7, 11) is 1.91. The SMILES string of the molecule is Cn1c2cc(N3CCC(=O)CC3)ccc2n2c3cccc(Cl)c3c(=O)nc12. The number of imidazole rings is 1. The smallest absolute Gasteiger partial charge is 0.283 e. The zero-order valence-electron chi connectivity index (χ0n) is 14.8. The lowest BCUT2D eigenvalue weighted by molar-refractivity contribution is -0.119. The van der Waals surface area contributed by atoms with Crippen molar-refractivity contribution < 1.29 is 4.79 Å². The highest BCUT2D eigenvalue weighted by Crippen LogP contribution is 2.29. The highest BCUT2D eigenvalue weighted by Gasteiger charge is 2.19. The molecule has 0 unspecified atom stereocenters. The number of Topliss-reactive ketones (excluding diaryl/α,β-unsaturated/α-hetero) is 1. The van der Waals surface area contributed by atoms with Crippen LogP contribution in [0.4, 0.5) is 5.69 Å². The molecule has 0 atom stereocenters. The van der Waals surface area contributed by atoms with Gasteiger partial charge >= 0.3 is 0 Å². The van der Waals surface area contributed by atoms with E-state index >= 15 is 0 Å². The Balaban J connectivity index is 1.80. The Hall–Kier alpha value is -2.86. The van der Waals surface area contributed by atoms with Gasteiger partial charge in [0, 0.05) is 38.7 Å². The number of nitrogens with zero attached hydrogens (tertiary/aromatic N) is 4. The molecule has 4 aromatic rings. The van der Waals surface area contributed by atoms with E-state index in [0.717, 1.165) is 35.3 Å². The van der Waals surface area contributed by atoms with Gasteiger partial charge in [0.1, 0.15) is 5.78 Å². The van der Waals surface area contributed by atoms with Crippen molar-refractivity contribution in [3.8, 4) is 0 Å². The highest BCUT2D eigenvalue weighted by molar-refractivity contribution is 6.35. The number of anilines is 1. The molecule has 27 heavy (non-hydrogen) atoms. The van der Waals surface area contributed by atoms with Crippen LogP contribution in [0.2, 0.25) is 5.02 Å². The summed E-state index contributed by atoms with van der Waals surface area (Å²) in [6.07, 6.45) is 1.18. The minimum absolute atomic E-state index is 0.322. The van der Waals surface area contributed by atoms with E-state index in [9.17, 15) is 9.59 Å². The number of ketones is 1. The fourth-order valence-electron chi connectivity index (χ4n) is 3.97. The van der Waals surface area contributed by atoms with Crippen molar-refractivity contribution in [2.45, 2.75) is 12.8 Å². The molecule has 7 heteroatoms. The van der Waals surface area contributed by atoms with Crippen LogP contribution in [0, 0.1) is 0 Å². The molecule has 1 aliphatic rings. The van der Waals surface area contributed by atoms with Crippen LogP contribution in [0.25, 0.3) is 27.7 Å². The summed E-state index contributed by atoms with van der Waals surface area (Å²) in [4.78, 5) is 30.6. The Morgan fingerprint density at radius 2 is 1.78 bits per heavy atom. The van der Waals surface area contributed by atoms with Gasteiger partial charge in [-0.3, -0.25) is 14.0 Å². The molecule has 2 aromatic heterocycles. The molecule has 1 aliphatic heterocycles. The monoisotopic (exact) mass is 380 g/mol. The third kappa shape index (κ3) is 2.36. The van der Waals surface area contributed by atoms with Gasteiger partial charge in [-0.2, -0.15) is 4.98 Å². The predicted octanol–water partition coefficient (Wildman–Crippen LogP) is 3.16. The number of benzene rings is 2. The fraction of sp³-hybridized carbons (Fsp3) is 0.250. The summed E-state index contributed by atoms with van der Waals surface area (Å²) in [5, 5.41) is 0.841. The van der Waals surface area contributed by atoms with Crippen molar-refractivity contribution >= 4 is 50.8 Å². The molecule has 5 rings (SSSR count). The van der Waals surface area contributed by atoms with Crippen molar-refractivity contribution in [3.63, 3.8) is 0 Å². The summed E-state index contributed by atoms with van der Waals surface area (Å²) in [6.45, 7) is 1.48. The van der Waals surface area contributed by atoms with Crippen LogP contribution in [0.5, 0.6) is 0 Å². The number of piperidine rings is 1. The molecule has 0 saturated carbocycles. The van der Waals surface area contributed by atoms with Crippen LogP contribution in [-0.4, -0.2) is 32.8 Å². The number of aromatic nitrogens is 3. The quantitative estimate of drug-likeness (QED) is 0.509. The zero-order chi connectivity index (χ0) is 18.7. The third-order valence-corrected chi connectivity index (χ3v) is 5.71. The number of hydrogen-bond acceptors (Lipinski definition) is 4. The van der Waals surface area contributed by atoms with Crippen molar-refractivity contribution in [2.24, 2.45) is 7.05 Å². The van der Waals surface area contributed by atoms with E-state index in [-0.39, 0.29) is 5.56 Å².